The number of amides is 1. The summed E-state index contributed by atoms with van der Waals surface area (Å²) < 4.78 is 12.7. The van der Waals surface area contributed by atoms with Crippen LogP contribution in [-0.4, -0.2) is 61.0 Å². The minimum Gasteiger partial charge on any atom is -0.497 e. The Morgan fingerprint density at radius 3 is 2.59 bits per heavy atom. The molecule has 2 aromatic rings. The van der Waals surface area contributed by atoms with Crippen molar-refractivity contribution in [1.29, 1.82) is 0 Å². The van der Waals surface area contributed by atoms with Crippen molar-refractivity contribution in [3.05, 3.63) is 30.0 Å². The van der Waals surface area contributed by atoms with Crippen molar-refractivity contribution < 1.29 is 14.3 Å². The van der Waals surface area contributed by atoms with Crippen LogP contribution < -0.4 is 14.8 Å². The molecule has 1 aromatic carbocycles. The van der Waals surface area contributed by atoms with Crippen molar-refractivity contribution in [2.45, 2.75) is 39.2 Å². The van der Waals surface area contributed by atoms with Crippen molar-refractivity contribution in [1.82, 2.24) is 20.0 Å². The van der Waals surface area contributed by atoms with Gasteiger partial charge in [0.25, 0.3) is 5.91 Å². The SMILES string of the molecule is CCCn1nc(C(=O)NCCN2CCCCC2)cc1-c1ccc(OC)cc1OC. The van der Waals surface area contributed by atoms with Crippen molar-refractivity contribution in [3.8, 4) is 22.8 Å². The number of rotatable bonds is 9. The van der Waals surface area contributed by atoms with Gasteiger partial charge in [-0.15, -0.1) is 0 Å². The van der Waals surface area contributed by atoms with Crippen LogP contribution >= 0.6 is 0 Å². The number of hydrogen-bond acceptors (Lipinski definition) is 5. The molecule has 0 saturated carbocycles. The first-order chi connectivity index (χ1) is 14.2. The third kappa shape index (κ3) is 5.29. The summed E-state index contributed by atoms with van der Waals surface area (Å²) in [5.41, 5.74) is 2.19. The van der Waals surface area contributed by atoms with Crippen LogP contribution in [0.5, 0.6) is 11.5 Å². The van der Waals surface area contributed by atoms with Gasteiger partial charge in [-0.2, -0.15) is 5.10 Å². The predicted octanol–water partition coefficient (Wildman–Crippen LogP) is 3.19. The van der Waals surface area contributed by atoms with Crippen LogP contribution in [0.2, 0.25) is 0 Å². The zero-order valence-electron chi connectivity index (χ0n) is 17.7. The fourth-order valence-electron chi connectivity index (χ4n) is 3.74. The number of aromatic nitrogens is 2. The molecule has 1 aliphatic heterocycles. The number of benzene rings is 1. The molecule has 1 fully saturated rings. The van der Waals surface area contributed by atoms with Gasteiger partial charge in [0.15, 0.2) is 5.69 Å². The molecule has 7 heteroatoms. The third-order valence-electron chi connectivity index (χ3n) is 5.29. The van der Waals surface area contributed by atoms with E-state index in [0.717, 1.165) is 49.6 Å². The molecule has 1 saturated heterocycles. The van der Waals surface area contributed by atoms with E-state index in [2.05, 4.69) is 22.2 Å². The molecule has 0 spiro atoms. The topological polar surface area (TPSA) is 68.6 Å². The third-order valence-corrected chi connectivity index (χ3v) is 5.29. The van der Waals surface area contributed by atoms with E-state index < -0.39 is 0 Å². The van der Waals surface area contributed by atoms with Crippen LogP contribution in [0.3, 0.4) is 0 Å². The number of carbonyl (C=O) groups excluding carboxylic acids is 1. The summed E-state index contributed by atoms with van der Waals surface area (Å²) in [5.74, 6) is 1.28. The first-order valence-electron chi connectivity index (χ1n) is 10.5. The lowest BCUT2D eigenvalue weighted by atomic mass is 10.1. The maximum Gasteiger partial charge on any atom is 0.271 e. The van der Waals surface area contributed by atoms with E-state index in [1.807, 2.05) is 28.9 Å². The molecular weight excluding hydrogens is 368 g/mol. The molecule has 2 heterocycles. The average Bonchev–Trinajstić information content (AvgIpc) is 3.18. The molecule has 0 aliphatic carbocycles. The van der Waals surface area contributed by atoms with Gasteiger partial charge in [-0.25, -0.2) is 0 Å². The second-order valence-electron chi connectivity index (χ2n) is 7.36. The van der Waals surface area contributed by atoms with E-state index in [-0.39, 0.29) is 5.91 Å². The second kappa shape index (κ2) is 10.3. The van der Waals surface area contributed by atoms with E-state index in [1.165, 1.54) is 19.3 Å². The Morgan fingerprint density at radius 1 is 1.10 bits per heavy atom. The number of hydrogen-bond donors (Lipinski definition) is 1. The highest BCUT2D eigenvalue weighted by atomic mass is 16.5. The van der Waals surface area contributed by atoms with Crippen LogP contribution in [0.15, 0.2) is 24.3 Å². The number of carbonyl (C=O) groups is 1. The maximum absolute atomic E-state index is 12.7. The van der Waals surface area contributed by atoms with Crippen molar-refractivity contribution >= 4 is 5.91 Å². The standard InChI is InChI=1S/C22H32N4O3/c1-4-11-26-20(18-9-8-17(28-2)15-21(18)29-3)16-19(24-26)22(27)23-10-14-25-12-6-5-7-13-25/h8-9,15-16H,4-7,10-14H2,1-3H3,(H,23,27). The Kier molecular flexibility index (Phi) is 7.52. The highest BCUT2D eigenvalue weighted by Gasteiger charge is 2.18. The van der Waals surface area contributed by atoms with E-state index in [0.29, 0.717) is 18.0 Å². The number of ether oxygens (including phenoxy) is 2. The number of methoxy groups -OCH3 is 2. The van der Waals surface area contributed by atoms with Gasteiger partial charge in [0, 0.05) is 31.3 Å². The highest BCUT2D eigenvalue weighted by Crippen LogP contribution is 2.33. The van der Waals surface area contributed by atoms with Crippen LogP contribution in [0.25, 0.3) is 11.3 Å². The summed E-state index contributed by atoms with van der Waals surface area (Å²) in [4.78, 5) is 15.1. The molecule has 0 radical (unpaired) electrons. The Balaban J connectivity index is 1.75. The number of likely N-dealkylation sites (tertiary alicyclic amines) is 1. The molecule has 1 N–H and O–H groups in total. The Morgan fingerprint density at radius 2 is 1.90 bits per heavy atom. The van der Waals surface area contributed by atoms with Gasteiger partial charge in [0.05, 0.1) is 19.9 Å². The summed E-state index contributed by atoms with van der Waals surface area (Å²) in [6.07, 6.45) is 4.74. The van der Waals surface area contributed by atoms with Gasteiger partial charge >= 0.3 is 0 Å². The van der Waals surface area contributed by atoms with E-state index >= 15 is 0 Å². The molecule has 3 rings (SSSR count). The Bertz CT molecular complexity index is 812. The fraction of sp³-hybridized carbons (Fsp3) is 0.545. The van der Waals surface area contributed by atoms with Crippen LogP contribution in [0.1, 0.15) is 43.1 Å². The van der Waals surface area contributed by atoms with Gasteiger partial charge in [0.2, 0.25) is 0 Å². The highest BCUT2D eigenvalue weighted by molar-refractivity contribution is 5.93. The largest absolute Gasteiger partial charge is 0.497 e. The van der Waals surface area contributed by atoms with Gasteiger partial charge in [-0.3, -0.25) is 9.48 Å². The first kappa shape index (κ1) is 21.2. The van der Waals surface area contributed by atoms with E-state index in [1.54, 1.807) is 14.2 Å². The molecular formula is C22H32N4O3. The maximum atomic E-state index is 12.7. The minimum absolute atomic E-state index is 0.134. The molecule has 29 heavy (non-hydrogen) atoms. The van der Waals surface area contributed by atoms with Gasteiger partial charge in [-0.1, -0.05) is 13.3 Å². The molecule has 1 aliphatic rings. The second-order valence-corrected chi connectivity index (χ2v) is 7.36. The summed E-state index contributed by atoms with van der Waals surface area (Å²) >= 11 is 0. The Labute approximate surface area is 173 Å². The van der Waals surface area contributed by atoms with E-state index in [4.69, 9.17) is 9.47 Å². The lowest BCUT2D eigenvalue weighted by Gasteiger charge is -2.26. The lowest BCUT2D eigenvalue weighted by Crippen LogP contribution is -2.37. The van der Waals surface area contributed by atoms with Crippen molar-refractivity contribution in [3.63, 3.8) is 0 Å². The Hall–Kier alpha value is -2.54. The fourth-order valence-corrected chi connectivity index (χ4v) is 3.74. The number of nitrogens with zero attached hydrogens (tertiary/aromatic N) is 3. The van der Waals surface area contributed by atoms with Crippen LogP contribution in [-0.2, 0) is 6.54 Å². The summed E-state index contributed by atoms with van der Waals surface area (Å²) in [7, 11) is 3.26. The van der Waals surface area contributed by atoms with Gasteiger partial charge in [0.1, 0.15) is 11.5 Å². The summed E-state index contributed by atoms with van der Waals surface area (Å²) in [6, 6.07) is 7.52. The monoisotopic (exact) mass is 400 g/mol. The lowest BCUT2D eigenvalue weighted by molar-refractivity contribution is 0.0940. The molecule has 1 aromatic heterocycles. The first-order valence-corrected chi connectivity index (χ1v) is 10.5. The zero-order chi connectivity index (χ0) is 20.6. The average molecular weight is 401 g/mol. The smallest absolute Gasteiger partial charge is 0.271 e. The normalized spacial score (nSPS) is 14.6. The number of nitrogens with one attached hydrogen (secondary N) is 1. The molecule has 0 unspecified atom stereocenters. The van der Waals surface area contributed by atoms with Crippen molar-refractivity contribution in [2.24, 2.45) is 0 Å². The van der Waals surface area contributed by atoms with Gasteiger partial charge in [-0.05, 0) is 50.6 Å². The zero-order valence-corrected chi connectivity index (χ0v) is 17.7. The van der Waals surface area contributed by atoms with Crippen molar-refractivity contribution in [2.75, 3.05) is 40.4 Å². The molecule has 7 nitrogen and oxygen atoms in total. The number of piperidine rings is 1. The molecule has 0 bridgehead atoms. The molecule has 0 atom stereocenters. The van der Waals surface area contributed by atoms with Gasteiger partial charge < -0.3 is 19.7 Å². The summed E-state index contributed by atoms with van der Waals surface area (Å²) in [6.45, 7) is 6.60. The quantitative estimate of drug-likeness (QED) is 0.700. The van der Waals surface area contributed by atoms with Crippen LogP contribution in [0.4, 0.5) is 0 Å². The van der Waals surface area contributed by atoms with Crippen LogP contribution in [0, 0.1) is 0 Å². The summed E-state index contributed by atoms with van der Waals surface area (Å²) in [5, 5.41) is 7.58. The number of aryl methyl sites for hydroxylation is 1. The molecule has 158 valence electrons. The van der Waals surface area contributed by atoms with E-state index in [9.17, 15) is 4.79 Å². The predicted molar refractivity (Wildman–Crippen MR) is 114 cm³/mol. The minimum atomic E-state index is -0.134. The molecule has 1 amide bonds.